The summed E-state index contributed by atoms with van der Waals surface area (Å²) in [6, 6.07) is 5.37. The average molecular weight is 305 g/mol. The molecule has 0 amide bonds. The maximum atomic E-state index is 14.3. The third-order valence-corrected chi connectivity index (χ3v) is 5.79. The van der Waals surface area contributed by atoms with E-state index >= 15 is 0 Å². The van der Waals surface area contributed by atoms with Gasteiger partial charge in [0.05, 0.1) is 6.61 Å². The second-order valence-corrected chi connectivity index (χ2v) is 8.55. The van der Waals surface area contributed by atoms with Crippen molar-refractivity contribution in [2.24, 2.45) is 11.1 Å². The van der Waals surface area contributed by atoms with E-state index in [1.807, 2.05) is 6.07 Å². The van der Waals surface area contributed by atoms with Crippen molar-refractivity contribution >= 4 is 0 Å². The molecule has 1 aromatic carbocycles. The molecule has 0 saturated heterocycles. The third-order valence-electron chi connectivity index (χ3n) is 5.79. The van der Waals surface area contributed by atoms with Gasteiger partial charge in [0.15, 0.2) is 11.6 Å². The van der Waals surface area contributed by atoms with Crippen LogP contribution in [-0.2, 0) is 5.41 Å². The lowest BCUT2D eigenvalue weighted by Gasteiger charge is -2.51. The minimum Gasteiger partial charge on any atom is -0.490 e. The lowest BCUT2D eigenvalue weighted by molar-refractivity contribution is 0.00430. The second-order valence-electron chi connectivity index (χ2n) is 8.55. The van der Waals surface area contributed by atoms with Gasteiger partial charge in [0.25, 0.3) is 0 Å². The molecule has 2 N–H and O–H groups in total. The summed E-state index contributed by atoms with van der Waals surface area (Å²) in [6.45, 7) is 6.88. The van der Waals surface area contributed by atoms with Gasteiger partial charge in [-0.1, -0.05) is 26.8 Å². The van der Waals surface area contributed by atoms with Crippen molar-refractivity contribution in [1.29, 1.82) is 0 Å². The summed E-state index contributed by atoms with van der Waals surface area (Å²) in [5.41, 5.74) is 7.58. The molecule has 4 rings (SSSR count). The Balaban J connectivity index is 1.67. The number of rotatable bonds is 3. The highest BCUT2D eigenvalue weighted by Gasteiger charge is 2.47. The predicted octanol–water partition coefficient (Wildman–Crippen LogP) is 4.55. The molecule has 0 radical (unpaired) electrons. The van der Waals surface area contributed by atoms with Crippen LogP contribution in [0.2, 0.25) is 0 Å². The smallest absolute Gasteiger partial charge is 0.165 e. The lowest BCUT2D eigenvalue weighted by Crippen LogP contribution is -2.53. The molecule has 2 bridgehead atoms. The van der Waals surface area contributed by atoms with Gasteiger partial charge in [0.2, 0.25) is 0 Å². The molecule has 0 aromatic heterocycles. The highest BCUT2D eigenvalue weighted by molar-refractivity contribution is 5.33. The number of hydrogen-bond donors (Lipinski definition) is 1. The number of fused-ring (bicyclic) bond motifs is 3. The van der Waals surface area contributed by atoms with Gasteiger partial charge in [-0.05, 0) is 61.6 Å². The van der Waals surface area contributed by atoms with Crippen LogP contribution in [0.25, 0.3) is 0 Å². The quantitative estimate of drug-likeness (QED) is 0.889. The molecule has 3 aliphatic rings. The van der Waals surface area contributed by atoms with Crippen molar-refractivity contribution in [2.45, 2.75) is 70.3 Å². The fourth-order valence-electron chi connectivity index (χ4n) is 3.82. The van der Waals surface area contributed by atoms with E-state index < -0.39 is 0 Å². The fraction of sp³-hybridized carbons (Fsp3) is 0.684. The van der Waals surface area contributed by atoms with E-state index in [9.17, 15) is 4.39 Å². The number of hydrogen-bond acceptors (Lipinski definition) is 2. The van der Waals surface area contributed by atoms with Gasteiger partial charge in [0.1, 0.15) is 0 Å². The Labute approximate surface area is 133 Å². The largest absolute Gasteiger partial charge is 0.490 e. The first kappa shape index (κ1) is 15.8. The molecule has 0 aliphatic heterocycles. The summed E-state index contributed by atoms with van der Waals surface area (Å²) < 4.78 is 20.2. The molecule has 3 aliphatic carbocycles. The fourth-order valence-corrected chi connectivity index (χ4v) is 3.82. The first-order valence-electron chi connectivity index (χ1n) is 8.43. The van der Waals surface area contributed by atoms with Gasteiger partial charge in [-0.3, -0.25) is 0 Å². The predicted molar refractivity (Wildman–Crippen MR) is 87.6 cm³/mol. The van der Waals surface area contributed by atoms with Crippen LogP contribution < -0.4 is 10.5 Å². The molecule has 3 saturated carbocycles. The van der Waals surface area contributed by atoms with Crippen LogP contribution >= 0.6 is 0 Å². The van der Waals surface area contributed by atoms with Crippen molar-refractivity contribution in [2.75, 3.05) is 6.61 Å². The van der Waals surface area contributed by atoms with Gasteiger partial charge in [-0.2, -0.15) is 0 Å². The molecule has 1 aromatic rings. The molecular formula is C19H28FNO. The van der Waals surface area contributed by atoms with E-state index in [2.05, 4.69) is 20.8 Å². The molecule has 2 nitrogen and oxygen atoms in total. The Kier molecular flexibility index (Phi) is 3.75. The topological polar surface area (TPSA) is 35.2 Å². The summed E-state index contributed by atoms with van der Waals surface area (Å²) in [6.07, 6.45) is 6.60. The van der Waals surface area contributed by atoms with Gasteiger partial charge in [0, 0.05) is 11.0 Å². The Bertz CT molecular complexity index is 537. The summed E-state index contributed by atoms with van der Waals surface area (Å²) in [5.74, 6) is 0.140. The number of ether oxygens (including phenoxy) is 1. The molecule has 0 unspecified atom stereocenters. The van der Waals surface area contributed by atoms with Crippen LogP contribution in [-0.4, -0.2) is 12.1 Å². The van der Waals surface area contributed by atoms with Crippen LogP contribution in [0.5, 0.6) is 5.75 Å². The third kappa shape index (κ3) is 3.01. The molecular weight excluding hydrogens is 277 g/mol. The van der Waals surface area contributed by atoms with Crippen LogP contribution in [0.1, 0.15) is 64.9 Å². The van der Waals surface area contributed by atoms with E-state index in [0.29, 0.717) is 12.4 Å². The van der Waals surface area contributed by atoms with E-state index in [0.717, 1.165) is 44.1 Å². The Morgan fingerprint density at radius 3 is 2.18 bits per heavy atom. The Morgan fingerprint density at radius 1 is 1.09 bits per heavy atom. The van der Waals surface area contributed by atoms with Crippen molar-refractivity contribution in [1.82, 2.24) is 0 Å². The summed E-state index contributed by atoms with van der Waals surface area (Å²) >= 11 is 0. The first-order chi connectivity index (χ1) is 10.2. The van der Waals surface area contributed by atoms with E-state index in [1.165, 1.54) is 0 Å². The Morgan fingerprint density at radius 2 is 1.68 bits per heavy atom. The number of benzene rings is 1. The highest BCUT2D eigenvalue weighted by Crippen LogP contribution is 2.51. The lowest BCUT2D eigenvalue weighted by atomic mass is 9.58. The highest BCUT2D eigenvalue weighted by atomic mass is 19.1. The molecule has 0 spiro atoms. The summed E-state index contributed by atoms with van der Waals surface area (Å²) in [7, 11) is 0. The zero-order valence-electron chi connectivity index (χ0n) is 14.0. The molecule has 22 heavy (non-hydrogen) atoms. The average Bonchev–Trinajstić information content (AvgIpc) is 2.47. The second kappa shape index (κ2) is 5.23. The summed E-state index contributed by atoms with van der Waals surface area (Å²) in [4.78, 5) is 0. The molecule has 122 valence electrons. The molecule has 3 heteroatoms. The number of halogens is 1. The van der Waals surface area contributed by atoms with Gasteiger partial charge in [-0.25, -0.2) is 4.39 Å². The van der Waals surface area contributed by atoms with E-state index in [-0.39, 0.29) is 22.2 Å². The van der Waals surface area contributed by atoms with Gasteiger partial charge >= 0.3 is 0 Å². The summed E-state index contributed by atoms with van der Waals surface area (Å²) in [5, 5.41) is 0. The molecule has 0 atom stereocenters. The minimum atomic E-state index is -0.247. The van der Waals surface area contributed by atoms with Crippen molar-refractivity contribution in [3.63, 3.8) is 0 Å². The zero-order chi connectivity index (χ0) is 16.0. The zero-order valence-corrected chi connectivity index (χ0v) is 14.0. The van der Waals surface area contributed by atoms with Gasteiger partial charge < -0.3 is 10.5 Å². The SMILES string of the molecule is CC(C)(C)c1ccc(OCC23CCC(N)(CC2)CC3)c(F)c1. The monoisotopic (exact) mass is 305 g/mol. The normalized spacial score (nSPS) is 31.3. The van der Waals surface area contributed by atoms with Crippen molar-refractivity contribution in [3.05, 3.63) is 29.6 Å². The van der Waals surface area contributed by atoms with E-state index in [1.54, 1.807) is 12.1 Å². The van der Waals surface area contributed by atoms with Crippen molar-refractivity contribution in [3.8, 4) is 5.75 Å². The minimum absolute atomic E-state index is 0.0464. The van der Waals surface area contributed by atoms with E-state index in [4.69, 9.17) is 10.5 Å². The number of nitrogens with two attached hydrogens (primary N) is 1. The maximum Gasteiger partial charge on any atom is 0.165 e. The van der Waals surface area contributed by atoms with Crippen LogP contribution in [0, 0.1) is 11.2 Å². The van der Waals surface area contributed by atoms with Crippen LogP contribution in [0.15, 0.2) is 18.2 Å². The Hall–Kier alpha value is -1.09. The van der Waals surface area contributed by atoms with Crippen LogP contribution in [0.3, 0.4) is 0 Å². The van der Waals surface area contributed by atoms with Gasteiger partial charge in [-0.15, -0.1) is 0 Å². The first-order valence-corrected chi connectivity index (χ1v) is 8.43. The molecule has 3 fully saturated rings. The standard InChI is InChI=1S/C19H28FNO/c1-17(2,3)14-4-5-16(15(20)12-14)22-13-18-6-9-19(21,10-7-18)11-8-18/h4-5,12H,6-11,13,21H2,1-3H3. The maximum absolute atomic E-state index is 14.3. The van der Waals surface area contributed by atoms with Crippen LogP contribution in [0.4, 0.5) is 4.39 Å². The molecule has 0 heterocycles. The van der Waals surface area contributed by atoms with Crippen molar-refractivity contribution < 1.29 is 9.13 Å².